The standard InChI is InChI=1S/C21H28N2O3/c1-15(2)14-26-19-10-8-17(13-20(19)25-4)16(3)23-21(24)11-9-18-7-5-6-12-22-18/h5-8,10,12-13,15-16H,9,11,14H2,1-4H3,(H,23,24)/t16-/m0/s1. The predicted molar refractivity (Wildman–Crippen MR) is 102 cm³/mol. The highest BCUT2D eigenvalue weighted by Gasteiger charge is 2.13. The molecule has 0 saturated heterocycles. The topological polar surface area (TPSA) is 60.5 Å². The zero-order chi connectivity index (χ0) is 18.9. The number of carbonyl (C=O) groups excluding carboxylic acids is 1. The van der Waals surface area contributed by atoms with Crippen LogP contribution in [0.25, 0.3) is 0 Å². The summed E-state index contributed by atoms with van der Waals surface area (Å²) in [5.41, 5.74) is 1.90. The van der Waals surface area contributed by atoms with Gasteiger partial charge in [0.1, 0.15) is 0 Å². The van der Waals surface area contributed by atoms with E-state index in [1.54, 1.807) is 13.3 Å². The van der Waals surface area contributed by atoms with E-state index in [1.165, 1.54) is 0 Å². The maximum Gasteiger partial charge on any atom is 0.220 e. The molecule has 26 heavy (non-hydrogen) atoms. The molecule has 1 N–H and O–H groups in total. The highest BCUT2D eigenvalue weighted by Crippen LogP contribution is 2.30. The number of aromatic nitrogens is 1. The van der Waals surface area contributed by atoms with Gasteiger partial charge in [-0.15, -0.1) is 0 Å². The van der Waals surface area contributed by atoms with E-state index in [4.69, 9.17) is 9.47 Å². The lowest BCUT2D eigenvalue weighted by molar-refractivity contribution is -0.121. The fraction of sp³-hybridized carbons (Fsp3) is 0.429. The molecule has 1 amide bonds. The van der Waals surface area contributed by atoms with Crippen molar-refractivity contribution in [3.63, 3.8) is 0 Å². The highest BCUT2D eigenvalue weighted by atomic mass is 16.5. The Morgan fingerprint density at radius 1 is 1.15 bits per heavy atom. The molecule has 1 atom stereocenters. The number of methoxy groups -OCH3 is 1. The first-order chi connectivity index (χ1) is 12.5. The van der Waals surface area contributed by atoms with Gasteiger partial charge in [-0.3, -0.25) is 9.78 Å². The Labute approximate surface area is 155 Å². The summed E-state index contributed by atoms with van der Waals surface area (Å²) in [4.78, 5) is 16.4. The fourth-order valence-electron chi connectivity index (χ4n) is 2.51. The quantitative estimate of drug-likeness (QED) is 0.739. The number of pyridine rings is 1. The Morgan fingerprint density at radius 3 is 2.62 bits per heavy atom. The monoisotopic (exact) mass is 356 g/mol. The molecular weight excluding hydrogens is 328 g/mol. The first-order valence-electron chi connectivity index (χ1n) is 8.99. The second kappa shape index (κ2) is 9.80. The normalized spacial score (nSPS) is 11.9. The van der Waals surface area contributed by atoms with Crippen LogP contribution in [-0.2, 0) is 11.2 Å². The first kappa shape index (κ1) is 19.8. The Morgan fingerprint density at radius 2 is 1.96 bits per heavy atom. The summed E-state index contributed by atoms with van der Waals surface area (Å²) in [7, 11) is 1.62. The van der Waals surface area contributed by atoms with E-state index in [1.807, 2.05) is 43.3 Å². The number of ether oxygens (including phenoxy) is 2. The van der Waals surface area contributed by atoms with Crippen LogP contribution >= 0.6 is 0 Å². The van der Waals surface area contributed by atoms with Gasteiger partial charge in [0.15, 0.2) is 11.5 Å². The molecule has 1 aromatic carbocycles. The number of amides is 1. The van der Waals surface area contributed by atoms with E-state index in [0.29, 0.717) is 31.1 Å². The molecule has 1 aromatic heterocycles. The Bertz CT molecular complexity index is 702. The first-order valence-corrected chi connectivity index (χ1v) is 8.99. The van der Waals surface area contributed by atoms with Gasteiger partial charge in [0.25, 0.3) is 0 Å². The number of aryl methyl sites for hydroxylation is 1. The molecule has 0 saturated carbocycles. The van der Waals surface area contributed by atoms with Gasteiger partial charge in [-0.25, -0.2) is 0 Å². The third-order valence-electron chi connectivity index (χ3n) is 3.97. The molecular formula is C21H28N2O3. The van der Waals surface area contributed by atoms with E-state index in [0.717, 1.165) is 17.0 Å². The fourth-order valence-corrected chi connectivity index (χ4v) is 2.51. The van der Waals surface area contributed by atoms with Crippen LogP contribution in [0.3, 0.4) is 0 Å². The summed E-state index contributed by atoms with van der Waals surface area (Å²) < 4.78 is 11.2. The third-order valence-corrected chi connectivity index (χ3v) is 3.97. The molecule has 5 nitrogen and oxygen atoms in total. The number of carbonyl (C=O) groups is 1. The molecule has 0 radical (unpaired) electrons. The minimum absolute atomic E-state index is 0.00209. The van der Waals surface area contributed by atoms with Gasteiger partial charge in [0.05, 0.1) is 19.8 Å². The number of hydrogen-bond donors (Lipinski definition) is 1. The van der Waals surface area contributed by atoms with Gasteiger partial charge >= 0.3 is 0 Å². The summed E-state index contributed by atoms with van der Waals surface area (Å²) in [5, 5.41) is 3.02. The molecule has 0 spiro atoms. The van der Waals surface area contributed by atoms with Crippen LogP contribution in [0.2, 0.25) is 0 Å². The molecule has 0 aliphatic rings. The maximum atomic E-state index is 12.2. The molecule has 0 aliphatic carbocycles. The lowest BCUT2D eigenvalue weighted by Crippen LogP contribution is -2.26. The summed E-state index contributed by atoms with van der Waals surface area (Å²) in [6.07, 6.45) is 2.78. The third kappa shape index (κ3) is 6.06. The van der Waals surface area contributed by atoms with E-state index < -0.39 is 0 Å². The Balaban J connectivity index is 1.93. The van der Waals surface area contributed by atoms with Crippen molar-refractivity contribution in [1.82, 2.24) is 10.3 Å². The lowest BCUT2D eigenvalue weighted by atomic mass is 10.1. The average molecular weight is 356 g/mol. The summed E-state index contributed by atoms with van der Waals surface area (Å²) in [5.74, 6) is 1.84. The molecule has 2 aromatic rings. The molecule has 1 heterocycles. The van der Waals surface area contributed by atoms with Crippen molar-refractivity contribution >= 4 is 5.91 Å². The minimum Gasteiger partial charge on any atom is -0.493 e. The van der Waals surface area contributed by atoms with Crippen LogP contribution in [0.1, 0.15) is 44.5 Å². The van der Waals surface area contributed by atoms with Gasteiger partial charge in [-0.05, 0) is 49.1 Å². The number of rotatable bonds is 9. The highest BCUT2D eigenvalue weighted by molar-refractivity contribution is 5.76. The van der Waals surface area contributed by atoms with Crippen molar-refractivity contribution in [3.05, 3.63) is 53.9 Å². The Kier molecular flexibility index (Phi) is 7.45. The lowest BCUT2D eigenvalue weighted by Gasteiger charge is -2.18. The Hall–Kier alpha value is -2.56. The van der Waals surface area contributed by atoms with Gasteiger partial charge in [-0.2, -0.15) is 0 Å². The summed E-state index contributed by atoms with van der Waals surface area (Å²) >= 11 is 0. The smallest absolute Gasteiger partial charge is 0.220 e. The van der Waals surface area contributed by atoms with Crippen LogP contribution in [0.5, 0.6) is 11.5 Å². The van der Waals surface area contributed by atoms with Crippen molar-refractivity contribution in [2.24, 2.45) is 5.92 Å². The van der Waals surface area contributed by atoms with Crippen molar-refractivity contribution in [3.8, 4) is 11.5 Å². The van der Waals surface area contributed by atoms with Gasteiger partial charge in [-0.1, -0.05) is 26.0 Å². The molecule has 2 rings (SSSR count). The van der Waals surface area contributed by atoms with Crippen molar-refractivity contribution < 1.29 is 14.3 Å². The predicted octanol–water partition coefficient (Wildman–Crippen LogP) is 3.94. The average Bonchev–Trinajstić information content (AvgIpc) is 2.65. The molecule has 0 unspecified atom stereocenters. The van der Waals surface area contributed by atoms with Crippen LogP contribution in [0, 0.1) is 5.92 Å². The van der Waals surface area contributed by atoms with Crippen LogP contribution in [-0.4, -0.2) is 24.6 Å². The zero-order valence-corrected chi connectivity index (χ0v) is 16.0. The number of benzene rings is 1. The van der Waals surface area contributed by atoms with Crippen molar-refractivity contribution in [2.45, 2.75) is 39.7 Å². The molecule has 0 fully saturated rings. The van der Waals surface area contributed by atoms with Gasteiger partial charge in [0, 0.05) is 18.3 Å². The van der Waals surface area contributed by atoms with E-state index in [-0.39, 0.29) is 11.9 Å². The molecule has 0 aliphatic heterocycles. The second-order valence-corrected chi connectivity index (χ2v) is 6.73. The van der Waals surface area contributed by atoms with Gasteiger partial charge in [0.2, 0.25) is 5.91 Å². The summed E-state index contributed by atoms with van der Waals surface area (Å²) in [6, 6.07) is 11.4. The minimum atomic E-state index is -0.112. The molecule has 0 bridgehead atoms. The van der Waals surface area contributed by atoms with Gasteiger partial charge < -0.3 is 14.8 Å². The van der Waals surface area contributed by atoms with Crippen LogP contribution in [0.4, 0.5) is 0 Å². The number of hydrogen-bond acceptors (Lipinski definition) is 4. The summed E-state index contributed by atoms with van der Waals surface area (Å²) in [6.45, 7) is 6.80. The van der Waals surface area contributed by atoms with Crippen LogP contribution < -0.4 is 14.8 Å². The number of nitrogens with one attached hydrogen (secondary N) is 1. The van der Waals surface area contributed by atoms with Crippen molar-refractivity contribution in [2.75, 3.05) is 13.7 Å². The van der Waals surface area contributed by atoms with E-state index in [2.05, 4.69) is 24.1 Å². The van der Waals surface area contributed by atoms with Crippen molar-refractivity contribution in [1.29, 1.82) is 0 Å². The van der Waals surface area contributed by atoms with E-state index in [9.17, 15) is 4.79 Å². The molecule has 5 heteroatoms. The number of nitrogens with zero attached hydrogens (tertiary/aromatic N) is 1. The molecule has 140 valence electrons. The second-order valence-electron chi connectivity index (χ2n) is 6.73. The van der Waals surface area contributed by atoms with E-state index >= 15 is 0 Å². The largest absolute Gasteiger partial charge is 0.493 e. The SMILES string of the molecule is COc1cc([C@H](C)NC(=O)CCc2ccccn2)ccc1OCC(C)C. The maximum absolute atomic E-state index is 12.2. The zero-order valence-electron chi connectivity index (χ0n) is 16.0. The van der Waals surface area contributed by atoms with Crippen LogP contribution in [0.15, 0.2) is 42.6 Å².